The molecule has 0 aromatic heterocycles. The van der Waals surface area contributed by atoms with E-state index in [0.717, 1.165) is 31.5 Å². The van der Waals surface area contributed by atoms with Crippen LogP contribution in [-0.2, 0) is 0 Å². The number of hydrogen-bond acceptors (Lipinski definition) is 4. The highest BCUT2D eigenvalue weighted by atomic mass is 16.5. The number of aromatic hydroxyl groups is 1. The van der Waals surface area contributed by atoms with Gasteiger partial charge in [0.1, 0.15) is 5.60 Å². The van der Waals surface area contributed by atoms with E-state index in [9.17, 15) is 5.11 Å². The zero-order valence-corrected chi connectivity index (χ0v) is 9.07. The van der Waals surface area contributed by atoms with Crippen molar-refractivity contribution in [1.82, 2.24) is 5.32 Å². The number of ether oxygens (including phenoxy) is 1. The van der Waals surface area contributed by atoms with Crippen LogP contribution >= 0.6 is 0 Å². The van der Waals surface area contributed by atoms with Crippen molar-refractivity contribution < 1.29 is 9.84 Å². The predicted molar refractivity (Wildman–Crippen MR) is 60.5 cm³/mol. The molecule has 1 aromatic carbocycles. The van der Waals surface area contributed by atoms with Crippen molar-refractivity contribution in [2.75, 3.05) is 13.1 Å². The molecule has 2 aliphatic heterocycles. The molecule has 1 aromatic rings. The Labute approximate surface area is 94.4 Å². The maximum Gasteiger partial charge on any atom is 0.166 e. The first-order valence-corrected chi connectivity index (χ1v) is 5.67. The van der Waals surface area contributed by atoms with Gasteiger partial charge in [-0.25, -0.2) is 0 Å². The molecule has 2 unspecified atom stereocenters. The van der Waals surface area contributed by atoms with E-state index in [2.05, 4.69) is 5.32 Å². The Morgan fingerprint density at radius 1 is 1.50 bits per heavy atom. The lowest BCUT2D eigenvalue weighted by Crippen LogP contribution is -2.44. The molecule has 2 atom stereocenters. The Kier molecular flexibility index (Phi) is 2.09. The first kappa shape index (κ1) is 9.93. The monoisotopic (exact) mass is 220 g/mol. The van der Waals surface area contributed by atoms with Gasteiger partial charge in [-0.05, 0) is 12.6 Å². The highest BCUT2D eigenvalue weighted by Crippen LogP contribution is 2.45. The SMILES string of the molecule is NC1CC2(CCNC2)Oc2c(O)cccc21. The van der Waals surface area contributed by atoms with Gasteiger partial charge in [0.2, 0.25) is 0 Å². The minimum atomic E-state index is -0.217. The summed E-state index contributed by atoms with van der Waals surface area (Å²) in [6, 6.07) is 5.33. The van der Waals surface area contributed by atoms with Gasteiger partial charge in [-0.3, -0.25) is 0 Å². The molecular weight excluding hydrogens is 204 g/mol. The van der Waals surface area contributed by atoms with Gasteiger partial charge < -0.3 is 20.9 Å². The molecule has 4 N–H and O–H groups in total. The second-order valence-electron chi connectivity index (χ2n) is 4.72. The molecule has 1 fully saturated rings. The number of fused-ring (bicyclic) bond motifs is 1. The third-order valence-corrected chi connectivity index (χ3v) is 3.54. The average molecular weight is 220 g/mol. The van der Waals surface area contributed by atoms with Gasteiger partial charge in [0.25, 0.3) is 0 Å². The van der Waals surface area contributed by atoms with Gasteiger partial charge >= 0.3 is 0 Å². The number of benzene rings is 1. The van der Waals surface area contributed by atoms with E-state index in [0.29, 0.717) is 5.75 Å². The molecule has 86 valence electrons. The summed E-state index contributed by atoms with van der Waals surface area (Å²) in [6.07, 6.45) is 1.77. The molecule has 0 aliphatic carbocycles. The van der Waals surface area contributed by atoms with Gasteiger partial charge in [-0.1, -0.05) is 12.1 Å². The average Bonchev–Trinajstić information content (AvgIpc) is 2.68. The van der Waals surface area contributed by atoms with Gasteiger partial charge in [0.05, 0.1) is 0 Å². The zero-order chi connectivity index (χ0) is 11.2. The van der Waals surface area contributed by atoms with Crippen molar-refractivity contribution in [2.45, 2.75) is 24.5 Å². The Morgan fingerprint density at radius 2 is 2.38 bits per heavy atom. The first-order valence-electron chi connectivity index (χ1n) is 5.67. The van der Waals surface area contributed by atoms with Crippen LogP contribution < -0.4 is 15.8 Å². The minimum absolute atomic E-state index is 0.0456. The molecule has 16 heavy (non-hydrogen) atoms. The number of para-hydroxylation sites is 1. The van der Waals surface area contributed by atoms with Gasteiger partial charge in [0, 0.05) is 31.0 Å². The van der Waals surface area contributed by atoms with Crippen molar-refractivity contribution in [3.63, 3.8) is 0 Å². The lowest BCUT2D eigenvalue weighted by molar-refractivity contribution is 0.0519. The number of phenols is 1. The van der Waals surface area contributed by atoms with Gasteiger partial charge in [0.15, 0.2) is 11.5 Å². The van der Waals surface area contributed by atoms with Crippen LogP contribution in [0.1, 0.15) is 24.4 Å². The molecule has 4 nitrogen and oxygen atoms in total. The van der Waals surface area contributed by atoms with Crippen molar-refractivity contribution in [2.24, 2.45) is 5.73 Å². The molecular formula is C12H16N2O2. The van der Waals surface area contributed by atoms with Crippen LogP contribution in [0.4, 0.5) is 0 Å². The number of nitrogens with one attached hydrogen (secondary N) is 1. The van der Waals surface area contributed by atoms with E-state index >= 15 is 0 Å². The van der Waals surface area contributed by atoms with Crippen molar-refractivity contribution in [3.8, 4) is 11.5 Å². The summed E-state index contributed by atoms with van der Waals surface area (Å²) in [5.74, 6) is 0.767. The Hall–Kier alpha value is -1.26. The molecule has 0 saturated carbocycles. The topological polar surface area (TPSA) is 67.5 Å². The second-order valence-corrected chi connectivity index (χ2v) is 4.72. The maximum atomic E-state index is 9.82. The molecule has 2 heterocycles. The fourth-order valence-corrected chi connectivity index (χ4v) is 2.70. The van der Waals surface area contributed by atoms with Crippen LogP contribution in [0, 0.1) is 0 Å². The van der Waals surface area contributed by atoms with E-state index in [1.54, 1.807) is 6.07 Å². The molecule has 3 rings (SSSR count). The summed E-state index contributed by atoms with van der Waals surface area (Å²) in [6.45, 7) is 1.77. The molecule has 1 spiro atoms. The van der Waals surface area contributed by atoms with Crippen LogP contribution in [0.2, 0.25) is 0 Å². The molecule has 1 saturated heterocycles. The summed E-state index contributed by atoms with van der Waals surface area (Å²) >= 11 is 0. The minimum Gasteiger partial charge on any atom is -0.504 e. The van der Waals surface area contributed by atoms with E-state index < -0.39 is 0 Å². The van der Waals surface area contributed by atoms with Crippen molar-refractivity contribution in [1.29, 1.82) is 0 Å². The Morgan fingerprint density at radius 3 is 3.12 bits per heavy atom. The summed E-state index contributed by atoms with van der Waals surface area (Å²) in [5, 5.41) is 13.1. The summed E-state index contributed by atoms with van der Waals surface area (Å²) in [5.41, 5.74) is 6.85. The van der Waals surface area contributed by atoms with Crippen LogP contribution in [0.15, 0.2) is 18.2 Å². The molecule has 0 amide bonds. The largest absolute Gasteiger partial charge is 0.504 e. The standard InChI is InChI=1S/C12H16N2O2/c13-9-6-12(4-5-14-7-12)16-11-8(9)2-1-3-10(11)15/h1-3,9,14-15H,4-7,13H2. The summed E-state index contributed by atoms with van der Waals surface area (Å²) in [7, 11) is 0. The maximum absolute atomic E-state index is 9.82. The number of nitrogens with two attached hydrogens (primary N) is 1. The van der Waals surface area contributed by atoms with E-state index in [-0.39, 0.29) is 17.4 Å². The quantitative estimate of drug-likeness (QED) is 0.608. The smallest absolute Gasteiger partial charge is 0.166 e. The van der Waals surface area contributed by atoms with Crippen LogP contribution in [0.5, 0.6) is 11.5 Å². The van der Waals surface area contributed by atoms with E-state index in [1.165, 1.54) is 0 Å². The predicted octanol–water partition coefficient (Wildman–Crippen LogP) is 0.907. The summed E-state index contributed by atoms with van der Waals surface area (Å²) in [4.78, 5) is 0. The number of rotatable bonds is 0. The van der Waals surface area contributed by atoms with Crippen LogP contribution in [-0.4, -0.2) is 23.8 Å². The Bertz CT molecular complexity index is 413. The third-order valence-electron chi connectivity index (χ3n) is 3.54. The van der Waals surface area contributed by atoms with E-state index in [1.807, 2.05) is 12.1 Å². The normalized spacial score (nSPS) is 32.4. The lowest BCUT2D eigenvalue weighted by Gasteiger charge is -2.38. The molecule has 4 heteroatoms. The van der Waals surface area contributed by atoms with Crippen LogP contribution in [0.25, 0.3) is 0 Å². The van der Waals surface area contributed by atoms with Gasteiger partial charge in [-0.15, -0.1) is 0 Å². The highest BCUT2D eigenvalue weighted by molar-refractivity contribution is 5.49. The number of hydrogen-bond donors (Lipinski definition) is 3. The van der Waals surface area contributed by atoms with Crippen molar-refractivity contribution in [3.05, 3.63) is 23.8 Å². The fourth-order valence-electron chi connectivity index (χ4n) is 2.70. The first-order chi connectivity index (χ1) is 7.70. The van der Waals surface area contributed by atoms with Crippen molar-refractivity contribution >= 4 is 0 Å². The Balaban J connectivity index is 2.04. The highest BCUT2D eigenvalue weighted by Gasteiger charge is 2.42. The van der Waals surface area contributed by atoms with Gasteiger partial charge in [-0.2, -0.15) is 0 Å². The third kappa shape index (κ3) is 1.37. The second kappa shape index (κ2) is 3.37. The number of phenolic OH excluding ortho intramolecular Hbond substituents is 1. The molecule has 0 bridgehead atoms. The lowest BCUT2D eigenvalue weighted by atomic mass is 9.87. The fraction of sp³-hybridized carbons (Fsp3) is 0.500. The molecule has 2 aliphatic rings. The molecule has 0 radical (unpaired) electrons. The van der Waals surface area contributed by atoms with E-state index in [4.69, 9.17) is 10.5 Å². The zero-order valence-electron chi connectivity index (χ0n) is 9.07. The summed E-state index contributed by atoms with van der Waals surface area (Å²) < 4.78 is 5.99. The van der Waals surface area contributed by atoms with Crippen LogP contribution in [0.3, 0.4) is 0 Å².